The molecule has 0 spiro atoms. The van der Waals surface area contributed by atoms with Gasteiger partial charge in [-0.05, 0) is 43.7 Å². The second-order valence-electron chi connectivity index (χ2n) is 11.7. The molecule has 10 nitrogen and oxygen atoms in total. The van der Waals surface area contributed by atoms with Crippen molar-refractivity contribution in [2.24, 2.45) is 0 Å². The number of benzene rings is 1. The fourth-order valence-electron chi connectivity index (χ4n) is 6.12. The first-order chi connectivity index (χ1) is 22.0. The molecule has 6 rings (SSSR count). The highest BCUT2D eigenvalue weighted by atomic mass is 35.5. The molecule has 2 aliphatic heterocycles. The lowest BCUT2D eigenvalue weighted by Crippen LogP contribution is -2.58. The lowest BCUT2D eigenvalue weighted by atomic mass is 10.0. The Labute approximate surface area is 274 Å². The molecule has 0 radical (unpaired) electrons. The zero-order valence-corrected chi connectivity index (χ0v) is 27.4. The molecule has 2 bridgehead atoms. The number of halogens is 3. The third-order valence-corrected chi connectivity index (χ3v) is 8.79. The van der Waals surface area contributed by atoms with E-state index in [-0.39, 0.29) is 64.8 Å². The van der Waals surface area contributed by atoms with Crippen molar-refractivity contribution in [1.82, 2.24) is 24.4 Å². The number of aromatic nitrogens is 4. The van der Waals surface area contributed by atoms with Crippen LogP contribution in [0.15, 0.2) is 35.3 Å². The standard InChI is InChI=1S/C32H33ClF2N6O4S/c1-16(2)26-28-23(7-9-36-26)44-10-11-45-29-22(35)6-5-21(34)25(29)27-20(33)13-19-30(38-32(43)41(28)31(19)37-27)40-15-17(3)39(14-18(40)4)24(42)8-12-46/h5-7,9,13,16-18,46H,8,10-12,14-15H2,1-4H3/t17-,18+/m1/s1. The topological polar surface area (TPSA) is 103 Å². The van der Waals surface area contributed by atoms with Crippen molar-refractivity contribution in [3.8, 4) is 28.4 Å². The predicted molar refractivity (Wildman–Crippen MR) is 175 cm³/mol. The number of rotatable bonds is 4. The number of hydrogen-bond acceptors (Lipinski definition) is 9. The van der Waals surface area contributed by atoms with Crippen molar-refractivity contribution in [2.75, 3.05) is 37.0 Å². The highest BCUT2D eigenvalue weighted by molar-refractivity contribution is 7.80. The van der Waals surface area contributed by atoms with Gasteiger partial charge in [-0.25, -0.2) is 23.1 Å². The quantitative estimate of drug-likeness (QED) is 0.288. The predicted octanol–water partition coefficient (Wildman–Crippen LogP) is 5.41. The van der Waals surface area contributed by atoms with Crippen LogP contribution in [0.4, 0.5) is 14.6 Å². The van der Waals surface area contributed by atoms with E-state index in [1.54, 1.807) is 18.3 Å². The molecule has 1 amide bonds. The maximum absolute atomic E-state index is 15.5. The largest absolute Gasteiger partial charge is 0.488 e. The van der Waals surface area contributed by atoms with Gasteiger partial charge in [-0.3, -0.25) is 9.78 Å². The fourth-order valence-corrected chi connectivity index (χ4v) is 6.55. The molecule has 242 valence electrons. The number of carbonyl (C=O) groups excluding carboxylic acids is 1. The molecule has 1 fully saturated rings. The van der Waals surface area contributed by atoms with E-state index in [1.807, 2.05) is 37.5 Å². The highest BCUT2D eigenvalue weighted by Crippen LogP contribution is 2.42. The number of ether oxygens (including phenoxy) is 2. The second-order valence-corrected chi connectivity index (χ2v) is 12.6. The summed E-state index contributed by atoms with van der Waals surface area (Å²) in [4.78, 5) is 44.7. The molecule has 3 aromatic heterocycles. The zero-order chi connectivity index (χ0) is 32.9. The first-order valence-corrected chi connectivity index (χ1v) is 16.1. The molecule has 46 heavy (non-hydrogen) atoms. The Morgan fingerprint density at radius 1 is 1.09 bits per heavy atom. The van der Waals surface area contributed by atoms with Crippen molar-refractivity contribution in [3.63, 3.8) is 0 Å². The number of hydrogen-bond donors (Lipinski definition) is 1. The highest BCUT2D eigenvalue weighted by Gasteiger charge is 2.35. The van der Waals surface area contributed by atoms with Gasteiger partial charge in [0.05, 0.1) is 27.4 Å². The number of fused-ring (bicyclic) bond motifs is 5. The van der Waals surface area contributed by atoms with Crippen LogP contribution < -0.4 is 20.1 Å². The van der Waals surface area contributed by atoms with Gasteiger partial charge >= 0.3 is 5.69 Å². The minimum Gasteiger partial charge on any atom is -0.488 e. The summed E-state index contributed by atoms with van der Waals surface area (Å²) in [5.74, 6) is -1.07. The number of amides is 1. The fraction of sp³-hybridized carbons (Fsp3) is 0.406. The van der Waals surface area contributed by atoms with Crippen LogP contribution in [-0.4, -0.2) is 74.5 Å². The molecule has 1 aromatic carbocycles. The number of thiol groups is 1. The minimum absolute atomic E-state index is 0.00140. The van der Waals surface area contributed by atoms with Crippen molar-refractivity contribution in [2.45, 2.75) is 52.1 Å². The maximum Gasteiger partial charge on any atom is 0.356 e. The summed E-state index contributed by atoms with van der Waals surface area (Å²) in [6, 6.07) is 4.68. The number of anilines is 1. The van der Waals surface area contributed by atoms with Crippen molar-refractivity contribution >= 4 is 47.0 Å². The van der Waals surface area contributed by atoms with Crippen molar-refractivity contribution < 1.29 is 23.0 Å². The Kier molecular flexibility index (Phi) is 8.81. The van der Waals surface area contributed by atoms with Gasteiger partial charge in [0, 0.05) is 43.9 Å². The summed E-state index contributed by atoms with van der Waals surface area (Å²) in [6.07, 6.45) is 1.89. The average molecular weight is 671 g/mol. The summed E-state index contributed by atoms with van der Waals surface area (Å²) in [6.45, 7) is 8.32. The van der Waals surface area contributed by atoms with E-state index < -0.39 is 17.3 Å². The second kappa shape index (κ2) is 12.7. The van der Waals surface area contributed by atoms with Gasteiger partial charge in [-0.2, -0.15) is 17.6 Å². The van der Waals surface area contributed by atoms with Crippen molar-refractivity contribution in [1.29, 1.82) is 0 Å². The summed E-state index contributed by atoms with van der Waals surface area (Å²) in [7, 11) is 0. The van der Waals surface area contributed by atoms with Gasteiger partial charge in [-0.15, -0.1) is 0 Å². The van der Waals surface area contributed by atoms with Crippen LogP contribution in [0, 0.1) is 11.6 Å². The van der Waals surface area contributed by atoms with E-state index in [2.05, 4.69) is 22.6 Å². The van der Waals surface area contributed by atoms with Crippen LogP contribution in [0.3, 0.4) is 0 Å². The Hall–Kier alpha value is -3.97. The van der Waals surface area contributed by atoms with Crippen molar-refractivity contribution in [3.05, 3.63) is 63.3 Å². The molecule has 0 unspecified atom stereocenters. The van der Waals surface area contributed by atoms with Crippen LogP contribution >= 0.6 is 24.2 Å². The van der Waals surface area contributed by atoms with Crippen LogP contribution in [0.5, 0.6) is 11.5 Å². The Bertz CT molecular complexity index is 1910. The number of piperazine rings is 1. The SMILES string of the molecule is CC(C)c1nccc2c1-n1c(=O)nc(N3C[C@@H](C)N(C(=O)CCS)C[C@@H]3C)c3cc(Cl)c(nc31)-c1c(F)ccc(F)c1OCCO2. The van der Waals surface area contributed by atoms with Crippen LogP contribution in [0.1, 0.15) is 45.7 Å². The molecular formula is C32H33ClF2N6O4S. The zero-order valence-electron chi connectivity index (χ0n) is 25.8. The minimum atomic E-state index is -0.806. The monoisotopic (exact) mass is 670 g/mol. The lowest BCUT2D eigenvalue weighted by molar-refractivity contribution is -0.133. The summed E-state index contributed by atoms with van der Waals surface area (Å²) in [5, 5.41) is 0.394. The number of carbonyl (C=O) groups is 1. The van der Waals surface area contributed by atoms with E-state index in [9.17, 15) is 9.59 Å². The Balaban J connectivity index is 1.67. The van der Waals surface area contributed by atoms with E-state index in [4.69, 9.17) is 26.1 Å². The third kappa shape index (κ3) is 5.53. The molecule has 0 aliphatic carbocycles. The van der Waals surface area contributed by atoms with Crippen LogP contribution in [0.25, 0.3) is 28.0 Å². The number of pyridine rings is 2. The Morgan fingerprint density at radius 3 is 2.57 bits per heavy atom. The van der Waals surface area contributed by atoms with E-state index in [0.29, 0.717) is 53.6 Å². The van der Waals surface area contributed by atoms with Gasteiger partial charge < -0.3 is 19.3 Å². The lowest BCUT2D eigenvalue weighted by Gasteiger charge is -2.45. The molecule has 14 heteroatoms. The Morgan fingerprint density at radius 2 is 1.83 bits per heavy atom. The van der Waals surface area contributed by atoms with Crippen LogP contribution in [0.2, 0.25) is 5.02 Å². The summed E-state index contributed by atoms with van der Waals surface area (Å²) in [5.41, 5.74) is -0.0896. The average Bonchev–Trinajstić information content (AvgIpc) is 3.01. The molecule has 5 heterocycles. The maximum atomic E-state index is 15.5. The first kappa shape index (κ1) is 32.0. The molecule has 2 atom stereocenters. The van der Waals surface area contributed by atoms with Gasteiger partial charge in [0.2, 0.25) is 5.91 Å². The molecular weight excluding hydrogens is 638 g/mol. The molecule has 0 saturated carbocycles. The normalized spacial score (nSPS) is 18.0. The molecule has 2 aliphatic rings. The van der Waals surface area contributed by atoms with E-state index in [0.717, 1.165) is 12.1 Å². The molecule has 1 saturated heterocycles. The van der Waals surface area contributed by atoms with Gasteiger partial charge in [0.1, 0.15) is 36.3 Å². The summed E-state index contributed by atoms with van der Waals surface area (Å²) < 4.78 is 43.7. The van der Waals surface area contributed by atoms with Gasteiger partial charge in [0.25, 0.3) is 0 Å². The first-order valence-electron chi connectivity index (χ1n) is 15.0. The third-order valence-electron chi connectivity index (χ3n) is 8.27. The number of nitrogens with zero attached hydrogens (tertiary/aromatic N) is 6. The summed E-state index contributed by atoms with van der Waals surface area (Å²) >= 11 is 11.1. The van der Waals surface area contributed by atoms with Gasteiger partial charge in [0.15, 0.2) is 17.2 Å². The van der Waals surface area contributed by atoms with E-state index in [1.165, 1.54) is 4.57 Å². The van der Waals surface area contributed by atoms with Crippen LogP contribution in [-0.2, 0) is 4.79 Å². The molecule has 4 aromatic rings. The molecule has 0 N–H and O–H groups in total. The smallest absolute Gasteiger partial charge is 0.356 e. The van der Waals surface area contributed by atoms with Gasteiger partial charge in [-0.1, -0.05) is 25.4 Å². The van der Waals surface area contributed by atoms with E-state index >= 15 is 8.78 Å².